The van der Waals surface area contributed by atoms with Gasteiger partial charge in [0.15, 0.2) is 11.6 Å². The zero-order chi connectivity index (χ0) is 31.3. The Morgan fingerprint density at radius 1 is 0.867 bits per heavy atom. The molecule has 4 aromatic rings. The van der Waals surface area contributed by atoms with Crippen molar-refractivity contribution in [2.75, 3.05) is 11.9 Å². The van der Waals surface area contributed by atoms with Crippen molar-refractivity contribution in [3.63, 3.8) is 0 Å². The van der Waals surface area contributed by atoms with Crippen LogP contribution in [0.4, 0.5) is 5.69 Å². The van der Waals surface area contributed by atoms with E-state index in [1.54, 1.807) is 48.5 Å². The van der Waals surface area contributed by atoms with E-state index in [4.69, 9.17) is 9.47 Å². The van der Waals surface area contributed by atoms with Gasteiger partial charge in [-0.2, -0.15) is 0 Å². The quantitative estimate of drug-likeness (QED) is 0.158. The van der Waals surface area contributed by atoms with E-state index in [0.29, 0.717) is 40.5 Å². The highest BCUT2D eigenvalue weighted by atomic mass is 16.5. The molecule has 1 N–H and O–H groups in total. The highest BCUT2D eigenvalue weighted by Gasteiger charge is 2.70. The molecule has 3 aliphatic heterocycles. The first kappa shape index (κ1) is 28.3. The van der Waals surface area contributed by atoms with Gasteiger partial charge in [0, 0.05) is 24.4 Å². The van der Waals surface area contributed by atoms with E-state index in [1.165, 1.54) is 6.92 Å². The third kappa shape index (κ3) is 4.28. The first-order chi connectivity index (χ1) is 21.9. The van der Waals surface area contributed by atoms with Crippen LogP contribution in [0.2, 0.25) is 0 Å². The maximum atomic E-state index is 15.1. The maximum Gasteiger partial charge on any atom is 0.308 e. The molecule has 3 aliphatic rings. The molecule has 1 fully saturated rings. The van der Waals surface area contributed by atoms with Crippen LogP contribution in [0.5, 0.6) is 11.5 Å². The lowest BCUT2D eigenvalue weighted by atomic mass is 9.62. The van der Waals surface area contributed by atoms with Crippen LogP contribution >= 0.6 is 0 Å². The fourth-order valence-corrected chi connectivity index (χ4v) is 7.31. The number of benzene rings is 4. The fourth-order valence-electron chi connectivity index (χ4n) is 7.31. The first-order valence-corrected chi connectivity index (χ1v) is 14.9. The number of para-hydroxylation sites is 2. The molecular formula is C37H30N2O6. The van der Waals surface area contributed by atoms with Gasteiger partial charge in [-0.25, -0.2) is 0 Å². The molecule has 0 radical (unpaired) electrons. The maximum absolute atomic E-state index is 15.1. The van der Waals surface area contributed by atoms with Crippen LogP contribution in [-0.2, 0) is 15.0 Å². The van der Waals surface area contributed by atoms with Crippen molar-refractivity contribution in [2.45, 2.75) is 31.3 Å². The highest BCUT2D eigenvalue weighted by molar-refractivity contribution is 6.17. The van der Waals surface area contributed by atoms with Crippen LogP contribution < -0.4 is 14.8 Å². The summed E-state index contributed by atoms with van der Waals surface area (Å²) in [5.74, 6) is -1.95. The molecule has 0 bridgehead atoms. The van der Waals surface area contributed by atoms with Gasteiger partial charge in [0.2, 0.25) is 5.91 Å². The molecule has 1 spiro atoms. The first-order valence-electron chi connectivity index (χ1n) is 14.9. The van der Waals surface area contributed by atoms with Crippen LogP contribution in [-0.4, -0.2) is 41.0 Å². The smallest absolute Gasteiger partial charge is 0.308 e. The zero-order valence-electron chi connectivity index (χ0n) is 24.7. The predicted molar refractivity (Wildman–Crippen MR) is 168 cm³/mol. The molecular weight excluding hydrogens is 568 g/mol. The van der Waals surface area contributed by atoms with Gasteiger partial charge in [-0.05, 0) is 72.2 Å². The number of carbonyl (C=O) groups is 4. The Morgan fingerprint density at radius 2 is 1.58 bits per heavy atom. The van der Waals surface area contributed by atoms with Crippen molar-refractivity contribution in [3.05, 3.63) is 131 Å². The van der Waals surface area contributed by atoms with Crippen molar-refractivity contribution in [1.29, 1.82) is 0 Å². The Hall–Kier alpha value is -5.50. The van der Waals surface area contributed by atoms with Crippen LogP contribution in [0.3, 0.4) is 0 Å². The van der Waals surface area contributed by atoms with Gasteiger partial charge >= 0.3 is 5.97 Å². The number of anilines is 1. The van der Waals surface area contributed by atoms with Crippen molar-refractivity contribution < 1.29 is 28.7 Å². The lowest BCUT2D eigenvalue weighted by molar-refractivity contribution is -0.131. The van der Waals surface area contributed by atoms with E-state index < -0.39 is 29.4 Å². The van der Waals surface area contributed by atoms with Crippen LogP contribution in [0.1, 0.15) is 57.3 Å². The van der Waals surface area contributed by atoms with E-state index in [2.05, 4.69) is 5.32 Å². The summed E-state index contributed by atoms with van der Waals surface area (Å²) < 4.78 is 11.1. The van der Waals surface area contributed by atoms with Gasteiger partial charge < -0.3 is 19.7 Å². The van der Waals surface area contributed by atoms with Gasteiger partial charge in [-0.1, -0.05) is 54.6 Å². The van der Waals surface area contributed by atoms with Crippen molar-refractivity contribution in [2.24, 2.45) is 5.92 Å². The Balaban J connectivity index is 1.49. The molecule has 3 heterocycles. The van der Waals surface area contributed by atoms with Gasteiger partial charge in [0.1, 0.15) is 23.0 Å². The standard InChI is InChI=1S/C37H30N2O6/c1-3-44-30-15-9-6-12-27(30)34(42)31-32(33(41)24-16-18-25(19-17-24)45-22(2)40)39-21-20-23-10-4-5-11-26(23)35(39)37(31)28-13-7-8-14-29(28)38-36(37)43/h4-21,31-32,35H,3H2,1-2H3,(H,38,43)/t31-,32+,35+,37-/m0/s1. The molecule has 224 valence electrons. The summed E-state index contributed by atoms with van der Waals surface area (Å²) in [5.41, 5.74) is 2.22. The topological polar surface area (TPSA) is 102 Å². The number of hydrogen-bond acceptors (Lipinski definition) is 7. The van der Waals surface area contributed by atoms with E-state index in [1.807, 2.05) is 72.6 Å². The number of rotatable bonds is 7. The van der Waals surface area contributed by atoms with Crippen molar-refractivity contribution in [1.82, 2.24) is 4.90 Å². The predicted octanol–water partition coefficient (Wildman–Crippen LogP) is 5.99. The summed E-state index contributed by atoms with van der Waals surface area (Å²) >= 11 is 0. The summed E-state index contributed by atoms with van der Waals surface area (Å²) in [7, 11) is 0. The average Bonchev–Trinajstić information content (AvgIpc) is 3.53. The summed E-state index contributed by atoms with van der Waals surface area (Å²) in [4.78, 5) is 57.9. The Bertz CT molecular complexity index is 1900. The molecule has 1 saturated heterocycles. The van der Waals surface area contributed by atoms with E-state index >= 15 is 4.79 Å². The lowest BCUT2D eigenvalue weighted by Crippen LogP contribution is -2.49. The largest absolute Gasteiger partial charge is 0.493 e. The fraction of sp³-hybridized carbons (Fsp3) is 0.189. The number of esters is 1. The molecule has 0 unspecified atom stereocenters. The van der Waals surface area contributed by atoms with Crippen LogP contribution in [0.15, 0.2) is 103 Å². The van der Waals surface area contributed by atoms with Crippen LogP contribution in [0.25, 0.3) is 6.08 Å². The molecule has 1 amide bonds. The molecule has 8 nitrogen and oxygen atoms in total. The number of amides is 1. The molecule has 7 rings (SSSR count). The molecule has 45 heavy (non-hydrogen) atoms. The number of carbonyl (C=O) groups excluding carboxylic acids is 4. The minimum absolute atomic E-state index is 0.300. The number of fused-ring (bicyclic) bond motifs is 6. The normalized spacial score (nSPS) is 22.3. The Kier molecular flexibility index (Phi) is 6.85. The number of ether oxygens (including phenoxy) is 2. The lowest BCUT2D eigenvalue weighted by Gasteiger charge is -2.38. The highest BCUT2D eigenvalue weighted by Crippen LogP contribution is 2.62. The monoisotopic (exact) mass is 598 g/mol. The zero-order valence-corrected chi connectivity index (χ0v) is 24.7. The number of Topliss-reactive ketones (excluding diaryl/α,β-unsaturated/α-hetero) is 2. The summed E-state index contributed by atoms with van der Waals surface area (Å²) in [5, 5.41) is 3.06. The van der Waals surface area contributed by atoms with E-state index in [-0.39, 0.29) is 17.5 Å². The second-order valence-corrected chi connectivity index (χ2v) is 11.4. The van der Waals surface area contributed by atoms with E-state index in [9.17, 15) is 14.4 Å². The van der Waals surface area contributed by atoms with Gasteiger partial charge in [0.05, 0.1) is 24.1 Å². The number of nitrogens with one attached hydrogen (secondary N) is 1. The molecule has 0 aromatic heterocycles. The number of hydrogen-bond donors (Lipinski definition) is 1. The molecule has 4 aromatic carbocycles. The summed E-state index contributed by atoms with van der Waals surface area (Å²) in [6.07, 6.45) is 3.75. The number of nitrogens with zero attached hydrogens (tertiary/aromatic N) is 1. The minimum atomic E-state index is -1.45. The van der Waals surface area contributed by atoms with E-state index in [0.717, 1.165) is 11.1 Å². The molecule has 0 saturated carbocycles. The second-order valence-electron chi connectivity index (χ2n) is 11.4. The van der Waals surface area contributed by atoms with Crippen molar-refractivity contribution >= 4 is 35.2 Å². The summed E-state index contributed by atoms with van der Waals surface area (Å²) in [6, 6.07) is 26.7. The third-order valence-electron chi connectivity index (χ3n) is 8.97. The third-order valence-corrected chi connectivity index (χ3v) is 8.97. The molecule has 0 aliphatic carbocycles. The van der Waals surface area contributed by atoms with Crippen LogP contribution in [0, 0.1) is 5.92 Å². The Labute approximate surface area is 260 Å². The minimum Gasteiger partial charge on any atom is -0.493 e. The van der Waals surface area contributed by atoms with Gasteiger partial charge in [-0.15, -0.1) is 0 Å². The average molecular weight is 599 g/mol. The van der Waals surface area contributed by atoms with Crippen molar-refractivity contribution in [3.8, 4) is 11.5 Å². The van der Waals surface area contributed by atoms with Gasteiger partial charge in [0.25, 0.3) is 0 Å². The van der Waals surface area contributed by atoms with Gasteiger partial charge in [-0.3, -0.25) is 19.2 Å². The summed E-state index contributed by atoms with van der Waals surface area (Å²) in [6.45, 7) is 3.48. The Morgan fingerprint density at radius 3 is 2.36 bits per heavy atom. The molecule has 4 atom stereocenters. The number of ketones is 2. The second kappa shape index (κ2) is 10.9. The SMILES string of the molecule is CCOc1ccccc1C(=O)[C@@H]1[C@H](C(=O)c2ccc(OC(C)=O)cc2)N2C=Cc3ccccc3[C@@H]2[C@@]12C(=O)Nc1ccccc12. The molecule has 8 heteroatoms.